The third-order valence-electron chi connectivity index (χ3n) is 3.51. The first-order valence-electron chi connectivity index (χ1n) is 6.40. The number of aromatic nitrogens is 1. The van der Waals surface area contributed by atoms with Crippen LogP contribution in [-0.2, 0) is 11.2 Å². The molecule has 1 heterocycles. The predicted molar refractivity (Wildman–Crippen MR) is 73.4 cm³/mol. The molecule has 98 valence electrons. The Morgan fingerprint density at radius 1 is 1.47 bits per heavy atom. The predicted octanol–water partition coefficient (Wildman–Crippen LogP) is 3.92. The zero-order chi connectivity index (χ0) is 13.4. The molecule has 0 atom stereocenters. The Morgan fingerprint density at radius 2 is 2.26 bits per heavy atom. The van der Waals surface area contributed by atoms with Gasteiger partial charge in [-0.25, -0.2) is 0 Å². The highest BCUT2D eigenvalue weighted by Gasteiger charge is 2.32. The van der Waals surface area contributed by atoms with Crippen molar-refractivity contribution in [3.63, 3.8) is 0 Å². The van der Waals surface area contributed by atoms with Crippen LogP contribution in [0.15, 0.2) is 22.7 Å². The summed E-state index contributed by atoms with van der Waals surface area (Å²) >= 11 is 6.27. The van der Waals surface area contributed by atoms with Gasteiger partial charge >= 0.3 is 0 Å². The molecule has 1 aliphatic carbocycles. The van der Waals surface area contributed by atoms with Crippen molar-refractivity contribution >= 4 is 17.9 Å². The van der Waals surface area contributed by atoms with Crippen LogP contribution < -0.4 is 0 Å². The molecule has 0 N–H and O–H groups in total. The second kappa shape index (κ2) is 4.82. The average Bonchev–Trinajstić information content (AvgIpc) is 3.14. The number of carbonyl (C=O) groups excluding carboxylic acids is 1. The molecule has 1 fully saturated rings. The summed E-state index contributed by atoms with van der Waals surface area (Å²) in [5.41, 5.74) is 3.53. The molecule has 1 aromatic heterocycles. The van der Waals surface area contributed by atoms with E-state index in [0.29, 0.717) is 17.4 Å². The van der Waals surface area contributed by atoms with Crippen LogP contribution in [0.25, 0.3) is 11.3 Å². The highest BCUT2D eigenvalue weighted by atomic mass is 35.5. The smallest absolute Gasteiger partial charge is 0.144 e. The van der Waals surface area contributed by atoms with Gasteiger partial charge in [0.15, 0.2) is 0 Å². The highest BCUT2D eigenvalue weighted by molar-refractivity contribution is 6.33. The van der Waals surface area contributed by atoms with Crippen LogP contribution >= 0.6 is 11.6 Å². The van der Waals surface area contributed by atoms with E-state index in [1.54, 1.807) is 0 Å². The molecule has 1 aromatic carbocycles. The molecule has 0 amide bonds. The maximum atomic E-state index is 10.9. The fraction of sp³-hybridized carbons (Fsp3) is 0.333. The molecule has 0 aliphatic heterocycles. The lowest BCUT2D eigenvalue weighted by Gasteiger charge is -2.06. The lowest BCUT2D eigenvalue weighted by atomic mass is 9.99. The number of carbonyl (C=O) groups is 1. The van der Waals surface area contributed by atoms with Crippen LogP contribution in [-0.4, -0.2) is 11.4 Å². The minimum absolute atomic E-state index is 0.329. The molecular weight excluding hydrogens is 262 g/mol. The topological polar surface area (TPSA) is 43.1 Å². The largest absolute Gasteiger partial charge is 0.360 e. The molecule has 0 spiro atoms. The second-order valence-electron chi connectivity index (χ2n) is 4.95. The molecular formula is C15H14ClNO2. The van der Waals surface area contributed by atoms with Crippen LogP contribution in [0.2, 0.25) is 5.02 Å². The van der Waals surface area contributed by atoms with Crippen molar-refractivity contribution in [1.82, 2.24) is 5.16 Å². The van der Waals surface area contributed by atoms with Crippen molar-refractivity contribution < 1.29 is 9.32 Å². The van der Waals surface area contributed by atoms with E-state index in [4.69, 9.17) is 16.1 Å². The minimum Gasteiger partial charge on any atom is -0.360 e. The van der Waals surface area contributed by atoms with E-state index in [1.165, 1.54) is 0 Å². The van der Waals surface area contributed by atoms with Gasteiger partial charge in [0.1, 0.15) is 17.7 Å². The van der Waals surface area contributed by atoms with Gasteiger partial charge in [-0.3, -0.25) is 0 Å². The number of hydrogen-bond acceptors (Lipinski definition) is 3. The maximum absolute atomic E-state index is 10.9. The summed E-state index contributed by atoms with van der Waals surface area (Å²) in [4.78, 5) is 10.9. The number of aldehydes is 1. The van der Waals surface area contributed by atoms with Crippen molar-refractivity contribution in [3.05, 3.63) is 40.1 Å². The Kier molecular flexibility index (Phi) is 3.15. The summed E-state index contributed by atoms with van der Waals surface area (Å²) in [6, 6.07) is 5.72. The highest BCUT2D eigenvalue weighted by Crippen LogP contribution is 2.45. The van der Waals surface area contributed by atoms with Crippen LogP contribution in [0.5, 0.6) is 0 Å². The van der Waals surface area contributed by atoms with Gasteiger partial charge in [-0.15, -0.1) is 0 Å². The lowest BCUT2D eigenvalue weighted by Crippen LogP contribution is -1.94. The number of halogens is 1. The number of benzene rings is 1. The van der Waals surface area contributed by atoms with Gasteiger partial charge in [-0.05, 0) is 31.4 Å². The molecule has 0 radical (unpaired) electrons. The first-order valence-corrected chi connectivity index (χ1v) is 6.77. The van der Waals surface area contributed by atoms with Gasteiger partial charge < -0.3 is 9.32 Å². The van der Waals surface area contributed by atoms with Gasteiger partial charge in [0.25, 0.3) is 0 Å². The third-order valence-corrected chi connectivity index (χ3v) is 3.83. The summed E-state index contributed by atoms with van der Waals surface area (Å²) < 4.78 is 5.47. The monoisotopic (exact) mass is 275 g/mol. The zero-order valence-electron chi connectivity index (χ0n) is 10.6. The van der Waals surface area contributed by atoms with Crippen molar-refractivity contribution in [2.45, 2.75) is 32.1 Å². The van der Waals surface area contributed by atoms with Crippen LogP contribution in [0.4, 0.5) is 0 Å². The van der Waals surface area contributed by atoms with E-state index in [0.717, 1.165) is 47.3 Å². The van der Waals surface area contributed by atoms with Crippen molar-refractivity contribution in [2.24, 2.45) is 0 Å². The van der Waals surface area contributed by atoms with Gasteiger partial charge in [0.05, 0.1) is 5.02 Å². The van der Waals surface area contributed by atoms with E-state index in [-0.39, 0.29) is 0 Å². The maximum Gasteiger partial charge on any atom is 0.144 e. The van der Waals surface area contributed by atoms with Crippen LogP contribution in [0.3, 0.4) is 0 Å². The van der Waals surface area contributed by atoms with E-state index >= 15 is 0 Å². The Bertz CT molecular complexity index is 609. The molecule has 0 saturated heterocycles. The van der Waals surface area contributed by atoms with Gasteiger partial charge in [0.2, 0.25) is 0 Å². The van der Waals surface area contributed by atoms with Crippen LogP contribution in [0.1, 0.15) is 35.6 Å². The van der Waals surface area contributed by atoms with Gasteiger partial charge in [-0.1, -0.05) is 28.9 Å². The number of aryl methyl sites for hydroxylation is 1. The fourth-order valence-corrected chi connectivity index (χ4v) is 2.71. The number of hydrogen-bond donors (Lipinski definition) is 0. The SMILES string of the molecule is Cc1cccc(Cl)c1-c1noc(C2CC2)c1CC=O. The molecule has 3 nitrogen and oxygen atoms in total. The van der Waals surface area contributed by atoms with Gasteiger partial charge in [-0.2, -0.15) is 0 Å². The average molecular weight is 276 g/mol. The number of rotatable bonds is 4. The lowest BCUT2D eigenvalue weighted by molar-refractivity contribution is -0.107. The summed E-state index contributed by atoms with van der Waals surface area (Å²) in [5.74, 6) is 1.29. The molecule has 3 rings (SSSR count). The van der Waals surface area contributed by atoms with Crippen molar-refractivity contribution in [3.8, 4) is 11.3 Å². The zero-order valence-corrected chi connectivity index (χ0v) is 11.4. The summed E-state index contributed by atoms with van der Waals surface area (Å²) in [6.07, 6.45) is 3.45. The van der Waals surface area contributed by atoms with E-state index in [9.17, 15) is 4.79 Å². The molecule has 0 unspecified atom stereocenters. The summed E-state index contributed by atoms with van der Waals surface area (Å²) in [7, 11) is 0. The number of nitrogens with zero attached hydrogens (tertiary/aromatic N) is 1. The van der Waals surface area contributed by atoms with E-state index < -0.39 is 0 Å². The van der Waals surface area contributed by atoms with Crippen molar-refractivity contribution in [1.29, 1.82) is 0 Å². The summed E-state index contributed by atoms with van der Waals surface area (Å²) in [6.45, 7) is 1.98. The van der Waals surface area contributed by atoms with Crippen LogP contribution in [0, 0.1) is 6.92 Å². The van der Waals surface area contributed by atoms with E-state index in [1.807, 2.05) is 25.1 Å². The second-order valence-corrected chi connectivity index (χ2v) is 5.36. The quantitative estimate of drug-likeness (QED) is 0.794. The molecule has 4 heteroatoms. The normalized spacial score (nSPS) is 14.6. The molecule has 2 aromatic rings. The Labute approximate surface area is 116 Å². The van der Waals surface area contributed by atoms with E-state index in [2.05, 4.69) is 5.16 Å². The minimum atomic E-state index is 0.329. The van der Waals surface area contributed by atoms with Gasteiger partial charge in [0, 0.05) is 23.5 Å². The Hall–Kier alpha value is -1.61. The molecule has 1 aliphatic rings. The first-order chi connectivity index (χ1) is 9.22. The molecule has 1 saturated carbocycles. The standard InChI is InChI=1S/C15H14ClNO2/c1-9-3-2-4-12(16)13(9)14-11(7-8-18)15(19-17-14)10-5-6-10/h2-4,8,10H,5-7H2,1H3. The molecule has 19 heavy (non-hydrogen) atoms. The third kappa shape index (κ3) is 2.19. The van der Waals surface area contributed by atoms with Crippen molar-refractivity contribution in [2.75, 3.05) is 0 Å². The summed E-state index contributed by atoms with van der Waals surface area (Å²) in [5, 5.41) is 4.81. The Balaban J connectivity index is 2.16. The fourth-order valence-electron chi connectivity index (χ4n) is 2.40. The molecule has 0 bridgehead atoms. The first kappa shape index (κ1) is 12.4. The Morgan fingerprint density at radius 3 is 2.89 bits per heavy atom.